The van der Waals surface area contributed by atoms with Crippen LogP contribution in [0.2, 0.25) is 0 Å². The van der Waals surface area contributed by atoms with E-state index in [9.17, 15) is 4.79 Å². The number of aryl methyl sites for hydroxylation is 2. The van der Waals surface area contributed by atoms with Crippen molar-refractivity contribution < 1.29 is 9.63 Å². The van der Waals surface area contributed by atoms with Crippen molar-refractivity contribution >= 4 is 17.5 Å². The number of nitrogens with two attached hydrogens (primary N) is 2. The number of nitrogens with zero attached hydrogens (tertiary/aromatic N) is 2. The van der Waals surface area contributed by atoms with Gasteiger partial charge in [0.05, 0.1) is 23.3 Å². The van der Waals surface area contributed by atoms with Crippen LogP contribution < -0.4 is 16.3 Å². The molecule has 0 aliphatic rings. The van der Waals surface area contributed by atoms with Crippen LogP contribution in [0.5, 0.6) is 0 Å². The molecule has 2 heterocycles. The molecule has 0 aromatic carbocycles. The first-order valence-corrected chi connectivity index (χ1v) is 5.09. The summed E-state index contributed by atoms with van der Waals surface area (Å²) in [6.45, 7) is 3.56. The molecule has 90 valence electrons. The molecule has 4 N–H and O–H groups in total. The molecule has 6 heteroatoms. The van der Waals surface area contributed by atoms with Crippen LogP contribution >= 0.6 is 0 Å². The first kappa shape index (κ1) is 11.1. The predicted molar refractivity (Wildman–Crippen MR) is 64.5 cm³/mol. The van der Waals surface area contributed by atoms with Crippen molar-refractivity contribution in [1.82, 2.24) is 9.30 Å². The monoisotopic (exact) mass is 234 g/mol. The van der Waals surface area contributed by atoms with Crippen molar-refractivity contribution in [1.29, 1.82) is 0 Å². The molecule has 0 bridgehead atoms. The van der Waals surface area contributed by atoms with Crippen LogP contribution in [-0.2, 0) is 0 Å². The van der Waals surface area contributed by atoms with E-state index >= 15 is 0 Å². The summed E-state index contributed by atoms with van der Waals surface area (Å²) in [5.74, 6) is 0. The Hall–Kier alpha value is -2.37. The fourth-order valence-corrected chi connectivity index (χ4v) is 1.60. The summed E-state index contributed by atoms with van der Waals surface area (Å²) in [6, 6.07) is 3.41. The largest absolute Gasteiger partial charge is 0.443 e. The molecule has 0 fully saturated rings. The van der Waals surface area contributed by atoms with Crippen molar-refractivity contribution in [3.63, 3.8) is 0 Å². The smallest absolute Gasteiger partial charge is 0.397 e. The van der Waals surface area contributed by atoms with Crippen LogP contribution in [0.15, 0.2) is 24.5 Å². The first-order valence-electron chi connectivity index (χ1n) is 5.09. The molecule has 2 rings (SSSR count). The summed E-state index contributed by atoms with van der Waals surface area (Å²) in [5, 5.41) is 0. The van der Waals surface area contributed by atoms with E-state index in [2.05, 4.69) is 0 Å². The van der Waals surface area contributed by atoms with Gasteiger partial charge in [-0.15, -0.1) is 0 Å². The molecule has 0 aliphatic heterocycles. The Balaban J connectivity index is 2.22. The first-order chi connectivity index (χ1) is 7.97. The van der Waals surface area contributed by atoms with Gasteiger partial charge in [-0.25, -0.2) is 4.79 Å². The Morgan fingerprint density at radius 3 is 2.18 bits per heavy atom. The van der Waals surface area contributed by atoms with Crippen LogP contribution in [0.3, 0.4) is 0 Å². The third-order valence-electron chi connectivity index (χ3n) is 2.40. The van der Waals surface area contributed by atoms with Gasteiger partial charge in [0.2, 0.25) is 0 Å². The number of anilines is 2. The van der Waals surface area contributed by atoms with Gasteiger partial charge in [0.1, 0.15) is 0 Å². The molecule has 2 aromatic heterocycles. The van der Waals surface area contributed by atoms with E-state index in [1.807, 2.05) is 0 Å². The number of carbonyl (C=O) groups excluding carboxylic acids is 1. The lowest BCUT2D eigenvalue weighted by molar-refractivity contribution is 0.132. The van der Waals surface area contributed by atoms with E-state index in [-0.39, 0.29) is 0 Å². The molecule has 0 radical (unpaired) electrons. The van der Waals surface area contributed by atoms with Crippen LogP contribution in [0.25, 0.3) is 0 Å². The Kier molecular flexibility index (Phi) is 2.55. The van der Waals surface area contributed by atoms with E-state index < -0.39 is 6.09 Å². The molecule has 0 unspecified atom stereocenters. The molecule has 0 saturated carbocycles. The average molecular weight is 234 g/mol. The third kappa shape index (κ3) is 2.10. The van der Waals surface area contributed by atoms with E-state index in [4.69, 9.17) is 16.3 Å². The molecule has 0 aliphatic carbocycles. The molecule has 0 spiro atoms. The van der Waals surface area contributed by atoms with Crippen LogP contribution in [0, 0.1) is 13.8 Å². The lowest BCUT2D eigenvalue weighted by Crippen LogP contribution is -2.25. The van der Waals surface area contributed by atoms with Crippen molar-refractivity contribution in [2.75, 3.05) is 11.5 Å². The molecule has 17 heavy (non-hydrogen) atoms. The summed E-state index contributed by atoms with van der Waals surface area (Å²) in [4.78, 5) is 17.0. The van der Waals surface area contributed by atoms with Crippen molar-refractivity contribution in [2.45, 2.75) is 13.8 Å². The summed E-state index contributed by atoms with van der Waals surface area (Å²) >= 11 is 0. The van der Waals surface area contributed by atoms with Crippen LogP contribution in [0.1, 0.15) is 11.4 Å². The summed E-state index contributed by atoms with van der Waals surface area (Å²) in [7, 11) is 0. The van der Waals surface area contributed by atoms with Crippen molar-refractivity contribution in [2.24, 2.45) is 0 Å². The highest BCUT2D eigenvalue weighted by molar-refractivity contribution is 5.73. The number of hydrogen-bond acceptors (Lipinski definition) is 4. The SMILES string of the molecule is Cc1cc(N)cn1OC(=O)n1cc(N)cc1C. The van der Waals surface area contributed by atoms with Gasteiger partial charge in [-0.05, 0) is 26.0 Å². The number of aromatic nitrogens is 2. The third-order valence-corrected chi connectivity index (χ3v) is 2.40. The standard InChI is InChI=1S/C11H14N4O2/c1-7-3-9(12)5-14(7)11(16)17-15-6-10(13)4-8(15)2/h3-6H,12-13H2,1-2H3. The minimum Gasteiger partial charge on any atom is -0.397 e. The highest BCUT2D eigenvalue weighted by Crippen LogP contribution is 2.11. The van der Waals surface area contributed by atoms with E-state index in [0.29, 0.717) is 17.1 Å². The normalized spacial score (nSPS) is 10.5. The number of hydrogen-bond donors (Lipinski definition) is 2. The fraction of sp³-hybridized carbons (Fsp3) is 0.182. The summed E-state index contributed by atoms with van der Waals surface area (Å²) in [6.07, 6.45) is 2.52. The van der Waals surface area contributed by atoms with Gasteiger partial charge in [-0.2, -0.15) is 4.73 Å². The minimum absolute atomic E-state index is 0.517. The second-order valence-corrected chi connectivity index (χ2v) is 3.88. The van der Waals surface area contributed by atoms with E-state index in [0.717, 1.165) is 5.69 Å². The molecule has 2 aromatic rings. The van der Waals surface area contributed by atoms with Gasteiger partial charge in [-0.3, -0.25) is 4.57 Å². The lowest BCUT2D eigenvalue weighted by Gasteiger charge is -2.07. The van der Waals surface area contributed by atoms with Crippen molar-refractivity contribution in [3.8, 4) is 0 Å². The molecular weight excluding hydrogens is 220 g/mol. The Bertz CT molecular complexity index is 568. The van der Waals surface area contributed by atoms with Crippen LogP contribution in [-0.4, -0.2) is 15.4 Å². The minimum atomic E-state index is -0.530. The van der Waals surface area contributed by atoms with Gasteiger partial charge in [-0.1, -0.05) is 0 Å². The highest BCUT2D eigenvalue weighted by atomic mass is 16.7. The maximum absolute atomic E-state index is 11.8. The van der Waals surface area contributed by atoms with Crippen LogP contribution in [0.4, 0.5) is 16.2 Å². The predicted octanol–water partition coefficient (Wildman–Crippen LogP) is 1.17. The number of carbonyl (C=O) groups is 1. The van der Waals surface area contributed by atoms with Gasteiger partial charge in [0, 0.05) is 11.9 Å². The second-order valence-electron chi connectivity index (χ2n) is 3.88. The van der Waals surface area contributed by atoms with E-state index in [1.54, 1.807) is 26.0 Å². The molecule has 6 nitrogen and oxygen atoms in total. The zero-order valence-corrected chi connectivity index (χ0v) is 9.68. The zero-order chi connectivity index (χ0) is 12.6. The Morgan fingerprint density at radius 2 is 1.71 bits per heavy atom. The van der Waals surface area contributed by atoms with Gasteiger partial charge < -0.3 is 16.3 Å². The Morgan fingerprint density at radius 1 is 1.12 bits per heavy atom. The summed E-state index contributed by atoms with van der Waals surface area (Å²) in [5.41, 5.74) is 13.7. The molecular formula is C11H14N4O2. The fourth-order valence-electron chi connectivity index (χ4n) is 1.60. The Labute approximate surface area is 98.3 Å². The van der Waals surface area contributed by atoms with Gasteiger partial charge >= 0.3 is 6.09 Å². The maximum Gasteiger partial charge on any atom is 0.443 e. The zero-order valence-electron chi connectivity index (χ0n) is 9.68. The summed E-state index contributed by atoms with van der Waals surface area (Å²) < 4.78 is 2.66. The topological polar surface area (TPSA) is 88.2 Å². The number of nitrogen functional groups attached to an aromatic ring is 2. The maximum atomic E-state index is 11.8. The lowest BCUT2D eigenvalue weighted by atomic mass is 10.4. The molecule has 0 amide bonds. The van der Waals surface area contributed by atoms with E-state index in [1.165, 1.54) is 21.7 Å². The van der Waals surface area contributed by atoms with Crippen molar-refractivity contribution in [3.05, 3.63) is 35.9 Å². The number of rotatable bonds is 1. The average Bonchev–Trinajstić information content (AvgIpc) is 2.70. The highest BCUT2D eigenvalue weighted by Gasteiger charge is 2.12. The van der Waals surface area contributed by atoms with Gasteiger partial charge in [0.25, 0.3) is 0 Å². The van der Waals surface area contributed by atoms with Gasteiger partial charge in [0.15, 0.2) is 0 Å². The second kappa shape index (κ2) is 3.89. The quantitative estimate of drug-likeness (QED) is 0.775. The molecule has 0 saturated heterocycles. The molecule has 0 atom stereocenters.